The van der Waals surface area contributed by atoms with Gasteiger partial charge in [0.1, 0.15) is 10.5 Å². The number of hydrogen-bond acceptors (Lipinski definition) is 7. The number of ether oxygens (including phenoxy) is 2. The SMILES string of the molecule is CCOC(=O)c1sc2ccc3ncccc3c2c1NCC(C)NC(=O)OC(C)(C)C. The molecule has 1 aromatic carbocycles. The van der Waals surface area contributed by atoms with Crippen LogP contribution in [0.5, 0.6) is 0 Å². The molecule has 0 fully saturated rings. The third kappa shape index (κ3) is 4.99. The first-order valence-electron chi connectivity index (χ1n) is 9.90. The molecule has 0 saturated heterocycles. The van der Waals surface area contributed by atoms with E-state index in [2.05, 4.69) is 15.6 Å². The fourth-order valence-electron chi connectivity index (χ4n) is 3.07. The van der Waals surface area contributed by atoms with E-state index in [1.807, 2.05) is 52.0 Å². The molecule has 8 heteroatoms. The van der Waals surface area contributed by atoms with Gasteiger partial charge in [0.15, 0.2) is 0 Å². The molecule has 0 bridgehead atoms. The van der Waals surface area contributed by atoms with Gasteiger partial charge in [-0.15, -0.1) is 11.3 Å². The molecular weight excluding hydrogens is 402 g/mol. The van der Waals surface area contributed by atoms with Gasteiger partial charge in [-0.1, -0.05) is 6.07 Å². The molecular formula is C22H27N3O4S. The molecule has 3 aromatic rings. The number of carbonyl (C=O) groups excluding carboxylic acids is 2. The minimum absolute atomic E-state index is 0.224. The third-order valence-corrected chi connectivity index (χ3v) is 5.38. The number of carbonyl (C=O) groups is 2. The number of fused-ring (bicyclic) bond motifs is 3. The fraction of sp³-hybridized carbons (Fsp3) is 0.409. The number of esters is 1. The van der Waals surface area contributed by atoms with Crippen LogP contribution < -0.4 is 10.6 Å². The number of nitrogens with one attached hydrogen (secondary N) is 2. The third-order valence-electron chi connectivity index (χ3n) is 4.24. The van der Waals surface area contributed by atoms with E-state index in [-0.39, 0.29) is 12.0 Å². The molecule has 0 aliphatic rings. The standard InChI is InChI=1S/C22H27N3O4S/c1-6-28-20(26)19-18(24-12-13(2)25-21(27)29-22(3,4)5)17-14-8-7-11-23-15(14)9-10-16(17)30-19/h7-11,13,24H,6,12H2,1-5H3,(H,25,27). The first-order valence-corrected chi connectivity index (χ1v) is 10.7. The van der Waals surface area contributed by atoms with Crippen molar-refractivity contribution in [2.24, 2.45) is 0 Å². The van der Waals surface area contributed by atoms with E-state index >= 15 is 0 Å². The Hall–Kier alpha value is -2.87. The summed E-state index contributed by atoms with van der Waals surface area (Å²) >= 11 is 1.38. The summed E-state index contributed by atoms with van der Waals surface area (Å²) in [6, 6.07) is 7.54. The van der Waals surface area contributed by atoms with E-state index in [0.29, 0.717) is 23.7 Å². The van der Waals surface area contributed by atoms with E-state index < -0.39 is 11.7 Å². The van der Waals surface area contributed by atoms with Crippen molar-refractivity contribution < 1.29 is 19.1 Å². The van der Waals surface area contributed by atoms with Gasteiger partial charge in [-0.2, -0.15) is 0 Å². The van der Waals surface area contributed by atoms with Crippen LogP contribution in [0.15, 0.2) is 30.5 Å². The first kappa shape index (κ1) is 21.8. The topological polar surface area (TPSA) is 89.5 Å². The number of hydrogen-bond donors (Lipinski definition) is 2. The number of pyridine rings is 1. The molecule has 2 heterocycles. The zero-order valence-corrected chi connectivity index (χ0v) is 18.7. The lowest BCUT2D eigenvalue weighted by molar-refractivity contribution is 0.0505. The predicted octanol–water partition coefficient (Wildman–Crippen LogP) is 4.95. The number of rotatable bonds is 6. The number of amides is 1. The smallest absolute Gasteiger partial charge is 0.407 e. The molecule has 3 rings (SSSR count). The van der Waals surface area contributed by atoms with Crippen LogP contribution in [0.25, 0.3) is 21.0 Å². The predicted molar refractivity (Wildman–Crippen MR) is 120 cm³/mol. The van der Waals surface area contributed by atoms with Crippen molar-refractivity contribution in [2.75, 3.05) is 18.5 Å². The second-order valence-corrected chi connectivity index (χ2v) is 9.02. The molecule has 2 aromatic heterocycles. The Labute approximate surface area is 179 Å². The van der Waals surface area contributed by atoms with Crippen LogP contribution in [0, 0.1) is 0 Å². The van der Waals surface area contributed by atoms with E-state index in [1.165, 1.54) is 11.3 Å². The minimum Gasteiger partial charge on any atom is -0.462 e. The number of nitrogens with zero attached hydrogens (tertiary/aromatic N) is 1. The summed E-state index contributed by atoms with van der Waals surface area (Å²) in [6.07, 6.45) is 1.26. The van der Waals surface area contributed by atoms with Gasteiger partial charge in [-0.25, -0.2) is 9.59 Å². The van der Waals surface area contributed by atoms with Gasteiger partial charge in [-0.05, 0) is 52.8 Å². The molecule has 1 unspecified atom stereocenters. The summed E-state index contributed by atoms with van der Waals surface area (Å²) in [5, 5.41) is 8.04. The quantitative estimate of drug-likeness (QED) is 0.539. The molecule has 1 atom stereocenters. The number of alkyl carbamates (subject to hydrolysis) is 1. The maximum atomic E-state index is 12.6. The molecule has 0 aliphatic heterocycles. The van der Waals surface area contributed by atoms with E-state index in [4.69, 9.17) is 9.47 Å². The Balaban J connectivity index is 1.90. The van der Waals surface area contributed by atoms with Gasteiger partial charge >= 0.3 is 12.1 Å². The summed E-state index contributed by atoms with van der Waals surface area (Å²) in [7, 11) is 0. The number of aromatic nitrogens is 1. The average molecular weight is 430 g/mol. The highest BCUT2D eigenvalue weighted by Crippen LogP contribution is 2.40. The molecule has 7 nitrogen and oxygen atoms in total. The van der Waals surface area contributed by atoms with Crippen molar-refractivity contribution in [2.45, 2.75) is 46.3 Å². The van der Waals surface area contributed by atoms with Gasteiger partial charge in [0.2, 0.25) is 0 Å². The van der Waals surface area contributed by atoms with Crippen LogP contribution in [0.1, 0.15) is 44.3 Å². The second kappa shape index (κ2) is 8.87. The molecule has 0 radical (unpaired) electrons. The van der Waals surface area contributed by atoms with Crippen molar-refractivity contribution in [1.82, 2.24) is 10.3 Å². The van der Waals surface area contributed by atoms with Crippen molar-refractivity contribution in [1.29, 1.82) is 0 Å². The van der Waals surface area contributed by atoms with Crippen molar-refractivity contribution >= 4 is 50.1 Å². The highest BCUT2D eigenvalue weighted by atomic mass is 32.1. The van der Waals surface area contributed by atoms with E-state index in [9.17, 15) is 9.59 Å². The number of benzene rings is 1. The highest BCUT2D eigenvalue weighted by Gasteiger charge is 2.23. The lowest BCUT2D eigenvalue weighted by atomic mass is 10.1. The Morgan fingerprint density at radius 1 is 1.23 bits per heavy atom. The van der Waals surface area contributed by atoms with Crippen LogP contribution in [0.2, 0.25) is 0 Å². The lowest BCUT2D eigenvalue weighted by Gasteiger charge is -2.22. The number of anilines is 1. The molecule has 1 amide bonds. The summed E-state index contributed by atoms with van der Waals surface area (Å²) < 4.78 is 11.5. The molecule has 0 spiro atoms. The number of thiophene rings is 1. The Kier molecular flexibility index (Phi) is 6.45. The van der Waals surface area contributed by atoms with Gasteiger partial charge in [0.25, 0.3) is 0 Å². The molecule has 160 valence electrons. The fourth-order valence-corrected chi connectivity index (χ4v) is 4.16. The molecule has 0 saturated carbocycles. The molecule has 2 N–H and O–H groups in total. The lowest BCUT2D eigenvalue weighted by Crippen LogP contribution is -2.40. The van der Waals surface area contributed by atoms with Crippen molar-refractivity contribution in [3.05, 3.63) is 35.3 Å². The maximum Gasteiger partial charge on any atom is 0.407 e. The van der Waals surface area contributed by atoms with E-state index in [1.54, 1.807) is 13.1 Å². The Bertz CT molecular complexity index is 1070. The average Bonchev–Trinajstić information content (AvgIpc) is 3.04. The van der Waals surface area contributed by atoms with Crippen LogP contribution in [-0.2, 0) is 9.47 Å². The van der Waals surface area contributed by atoms with Gasteiger partial charge in [0, 0.05) is 34.3 Å². The van der Waals surface area contributed by atoms with Crippen LogP contribution in [0.3, 0.4) is 0 Å². The Morgan fingerprint density at radius 2 is 2.00 bits per heavy atom. The van der Waals surface area contributed by atoms with Gasteiger partial charge in [0.05, 0.1) is 17.8 Å². The summed E-state index contributed by atoms with van der Waals surface area (Å²) in [5.41, 5.74) is 0.982. The van der Waals surface area contributed by atoms with Gasteiger partial charge < -0.3 is 20.1 Å². The summed E-state index contributed by atoms with van der Waals surface area (Å²) in [5.74, 6) is -0.369. The summed E-state index contributed by atoms with van der Waals surface area (Å²) in [4.78, 5) is 29.6. The monoisotopic (exact) mass is 429 g/mol. The largest absolute Gasteiger partial charge is 0.462 e. The summed E-state index contributed by atoms with van der Waals surface area (Å²) in [6.45, 7) is 9.81. The maximum absolute atomic E-state index is 12.6. The first-order chi connectivity index (χ1) is 14.2. The van der Waals surface area contributed by atoms with Crippen LogP contribution in [-0.4, -0.2) is 41.8 Å². The zero-order chi connectivity index (χ0) is 21.9. The van der Waals surface area contributed by atoms with E-state index in [0.717, 1.165) is 21.0 Å². The van der Waals surface area contributed by atoms with Crippen LogP contribution >= 0.6 is 11.3 Å². The minimum atomic E-state index is -0.566. The second-order valence-electron chi connectivity index (χ2n) is 7.96. The highest BCUT2D eigenvalue weighted by molar-refractivity contribution is 7.21. The molecule has 0 aliphatic carbocycles. The molecule has 30 heavy (non-hydrogen) atoms. The zero-order valence-electron chi connectivity index (χ0n) is 17.9. The van der Waals surface area contributed by atoms with Crippen molar-refractivity contribution in [3.8, 4) is 0 Å². The normalized spacial score (nSPS) is 12.6. The van der Waals surface area contributed by atoms with Crippen molar-refractivity contribution in [3.63, 3.8) is 0 Å². The van der Waals surface area contributed by atoms with Crippen LogP contribution in [0.4, 0.5) is 10.5 Å². The van der Waals surface area contributed by atoms with Gasteiger partial charge in [-0.3, -0.25) is 4.98 Å². The Morgan fingerprint density at radius 3 is 2.70 bits per heavy atom.